The Hall–Kier alpha value is -4.13. The van der Waals surface area contributed by atoms with E-state index in [9.17, 15) is 4.79 Å². The van der Waals surface area contributed by atoms with Gasteiger partial charge < -0.3 is 0 Å². The number of aromatic nitrogens is 5. The third-order valence-electron chi connectivity index (χ3n) is 5.21. The summed E-state index contributed by atoms with van der Waals surface area (Å²) in [6.07, 6.45) is 3.42. The smallest absolute Gasteiger partial charge is 0.265 e. The summed E-state index contributed by atoms with van der Waals surface area (Å²) in [4.78, 5) is 27.6. The van der Waals surface area contributed by atoms with E-state index in [1.54, 1.807) is 28.5 Å². The van der Waals surface area contributed by atoms with E-state index >= 15 is 0 Å². The van der Waals surface area contributed by atoms with Crippen LogP contribution in [0.2, 0.25) is 0 Å². The Balaban J connectivity index is 1.88. The van der Waals surface area contributed by atoms with Crippen LogP contribution in [0.1, 0.15) is 17.0 Å². The van der Waals surface area contributed by atoms with E-state index in [1.807, 2.05) is 55.5 Å². The molecule has 0 radical (unpaired) electrons. The molecule has 7 heteroatoms. The van der Waals surface area contributed by atoms with Crippen LogP contribution in [0.15, 0.2) is 71.1 Å². The van der Waals surface area contributed by atoms with Gasteiger partial charge in [0.25, 0.3) is 5.56 Å². The first-order chi connectivity index (χ1) is 15.1. The minimum atomic E-state index is -0.179. The van der Waals surface area contributed by atoms with Crippen LogP contribution in [0.4, 0.5) is 0 Å². The van der Waals surface area contributed by atoms with Gasteiger partial charge in [0.05, 0.1) is 17.2 Å². The summed E-state index contributed by atoms with van der Waals surface area (Å²) in [6, 6.07) is 15.6. The molecule has 5 rings (SSSR count). The quantitative estimate of drug-likeness (QED) is 0.333. The molecule has 0 aliphatic heterocycles. The summed E-state index contributed by atoms with van der Waals surface area (Å²) in [5.41, 5.74) is 4.78. The van der Waals surface area contributed by atoms with Gasteiger partial charge in [0, 0.05) is 6.54 Å². The van der Waals surface area contributed by atoms with Crippen molar-refractivity contribution in [1.29, 1.82) is 0 Å². The number of para-hydroxylation sites is 2. The lowest BCUT2D eigenvalue weighted by atomic mass is 10.2. The first kappa shape index (κ1) is 18.9. The zero-order valence-electron chi connectivity index (χ0n) is 17.3. The lowest BCUT2D eigenvalue weighted by Gasteiger charge is -2.06. The number of fused-ring (bicyclic) bond motifs is 4. The number of benzene rings is 2. The molecule has 2 aromatic carbocycles. The van der Waals surface area contributed by atoms with Crippen LogP contribution < -0.4 is 5.56 Å². The van der Waals surface area contributed by atoms with E-state index in [4.69, 9.17) is 15.0 Å². The third kappa shape index (κ3) is 3.11. The van der Waals surface area contributed by atoms with E-state index in [0.29, 0.717) is 40.1 Å². The molecule has 5 aromatic rings. The highest BCUT2D eigenvalue weighted by Crippen LogP contribution is 2.25. The lowest BCUT2D eigenvalue weighted by molar-refractivity contribution is 0.724. The first-order valence-corrected chi connectivity index (χ1v) is 9.97. The van der Waals surface area contributed by atoms with Crippen LogP contribution in [-0.4, -0.2) is 30.4 Å². The number of hydrogen-bond donors (Lipinski definition) is 0. The van der Waals surface area contributed by atoms with Crippen LogP contribution in [0.25, 0.3) is 33.2 Å². The molecule has 0 atom stereocenters. The lowest BCUT2D eigenvalue weighted by Crippen LogP contribution is -2.23. The van der Waals surface area contributed by atoms with Gasteiger partial charge in [-0.3, -0.25) is 9.36 Å². The molecule has 152 valence electrons. The van der Waals surface area contributed by atoms with Crippen molar-refractivity contribution in [1.82, 2.24) is 24.2 Å². The van der Waals surface area contributed by atoms with Gasteiger partial charge >= 0.3 is 0 Å². The summed E-state index contributed by atoms with van der Waals surface area (Å²) >= 11 is 0. The van der Waals surface area contributed by atoms with Gasteiger partial charge in [-0.05, 0) is 31.5 Å². The molecule has 3 aromatic heterocycles. The minimum absolute atomic E-state index is 0.179. The van der Waals surface area contributed by atoms with Crippen molar-refractivity contribution in [3.8, 4) is 0 Å². The predicted octanol–water partition coefficient (Wildman–Crippen LogP) is 3.98. The molecule has 0 bridgehead atoms. The van der Waals surface area contributed by atoms with Gasteiger partial charge in [-0.2, -0.15) is 9.78 Å². The Morgan fingerprint density at radius 2 is 1.77 bits per heavy atom. The normalized spacial score (nSPS) is 11.8. The molecule has 31 heavy (non-hydrogen) atoms. The number of hydrogen-bond acceptors (Lipinski definition) is 5. The van der Waals surface area contributed by atoms with Crippen LogP contribution in [0.5, 0.6) is 0 Å². The first-order valence-electron chi connectivity index (χ1n) is 9.97. The van der Waals surface area contributed by atoms with Gasteiger partial charge in [-0.25, -0.2) is 15.0 Å². The van der Waals surface area contributed by atoms with Crippen LogP contribution in [0.3, 0.4) is 0 Å². The molecule has 7 nitrogen and oxygen atoms in total. The number of rotatable bonds is 4. The number of nitrogens with zero attached hydrogens (tertiary/aromatic N) is 6. The van der Waals surface area contributed by atoms with Gasteiger partial charge in [-0.15, -0.1) is 6.58 Å². The fraction of sp³-hybridized carbons (Fsp3) is 0.125. The van der Waals surface area contributed by atoms with E-state index in [2.05, 4.69) is 11.7 Å². The molecule has 0 spiro atoms. The van der Waals surface area contributed by atoms with E-state index in [0.717, 1.165) is 16.6 Å². The van der Waals surface area contributed by atoms with Crippen LogP contribution >= 0.6 is 0 Å². The van der Waals surface area contributed by atoms with Crippen molar-refractivity contribution in [3.05, 3.63) is 88.5 Å². The summed E-state index contributed by atoms with van der Waals surface area (Å²) in [5.74, 6) is 0.580. The fourth-order valence-electron chi connectivity index (χ4n) is 3.74. The number of allylic oxidation sites excluding steroid dienone is 1. The van der Waals surface area contributed by atoms with Crippen molar-refractivity contribution >= 4 is 39.4 Å². The molecular formula is C24H20N6O. The zero-order valence-corrected chi connectivity index (χ0v) is 17.3. The van der Waals surface area contributed by atoms with Crippen LogP contribution in [-0.2, 0) is 6.54 Å². The molecular weight excluding hydrogens is 388 g/mol. The monoisotopic (exact) mass is 408 g/mol. The van der Waals surface area contributed by atoms with Crippen molar-refractivity contribution < 1.29 is 0 Å². The van der Waals surface area contributed by atoms with Crippen molar-refractivity contribution in [2.75, 3.05) is 0 Å². The SMILES string of the molecule is C=CCn1c(C)nc2c(c1=O)c1nc3ccccc3nc1n2/N=C/c1cccc(C)c1. The molecule has 0 unspecified atom stereocenters. The van der Waals surface area contributed by atoms with Crippen molar-refractivity contribution in [3.63, 3.8) is 0 Å². The van der Waals surface area contributed by atoms with Gasteiger partial charge in [0.1, 0.15) is 16.7 Å². The van der Waals surface area contributed by atoms with Crippen molar-refractivity contribution in [2.45, 2.75) is 20.4 Å². The molecule has 3 heterocycles. The maximum absolute atomic E-state index is 13.4. The van der Waals surface area contributed by atoms with Crippen molar-refractivity contribution in [2.24, 2.45) is 5.10 Å². The maximum Gasteiger partial charge on any atom is 0.265 e. The fourth-order valence-corrected chi connectivity index (χ4v) is 3.74. The standard InChI is InChI=1S/C24H20N6O/c1-4-12-29-16(3)26-22-20(24(29)31)21-23(28-19-11-6-5-10-18(19)27-21)30(22)25-14-17-9-7-8-15(2)13-17/h4-11,13-14H,1,12H2,2-3H3/b25-14+. The Morgan fingerprint density at radius 3 is 2.52 bits per heavy atom. The van der Waals surface area contributed by atoms with E-state index in [-0.39, 0.29) is 5.56 Å². The largest absolute Gasteiger partial charge is 0.292 e. The molecule has 0 aliphatic carbocycles. The predicted molar refractivity (Wildman–Crippen MR) is 124 cm³/mol. The Labute approximate surface area is 178 Å². The van der Waals surface area contributed by atoms with E-state index < -0.39 is 0 Å². The molecule has 0 aliphatic rings. The Morgan fingerprint density at radius 1 is 1.00 bits per heavy atom. The van der Waals surface area contributed by atoms with Crippen LogP contribution in [0, 0.1) is 13.8 Å². The topological polar surface area (TPSA) is 78.0 Å². The molecule has 0 saturated carbocycles. The minimum Gasteiger partial charge on any atom is -0.292 e. The second-order valence-electron chi connectivity index (χ2n) is 7.42. The molecule has 0 fully saturated rings. The number of aryl methyl sites for hydroxylation is 2. The second-order valence-corrected chi connectivity index (χ2v) is 7.42. The zero-order chi connectivity index (χ0) is 21.5. The summed E-state index contributed by atoms with van der Waals surface area (Å²) in [5, 5.41) is 5.06. The third-order valence-corrected chi connectivity index (χ3v) is 5.21. The van der Waals surface area contributed by atoms with Gasteiger partial charge in [0.2, 0.25) is 0 Å². The molecule has 0 saturated heterocycles. The summed E-state index contributed by atoms with van der Waals surface area (Å²) < 4.78 is 3.19. The average molecular weight is 408 g/mol. The molecule has 0 N–H and O–H groups in total. The summed E-state index contributed by atoms with van der Waals surface area (Å²) in [7, 11) is 0. The van der Waals surface area contributed by atoms with Gasteiger partial charge in [-0.1, -0.05) is 48.0 Å². The average Bonchev–Trinajstić information content (AvgIpc) is 3.05. The molecule has 0 amide bonds. The van der Waals surface area contributed by atoms with Gasteiger partial charge in [0.15, 0.2) is 11.3 Å². The Bertz CT molecular complexity index is 1570. The highest BCUT2D eigenvalue weighted by atomic mass is 16.1. The highest BCUT2D eigenvalue weighted by molar-refractivity contribution is 6.05. The Kier molecular flexibility index (Phi) is 4.43. The second kappa shape index (κ2) is 7.28. The highest BCUT2D eigenvalue weighted by Gasteiger charge is 2.20. The van der Waals surface area contributed by atoms with E-state index in [1.165, 1.54) is 0 Å². The summed E-state index contributed by atoms with van der Waals surface area (Å²) in [6.45, 7) is 7.95. The maximum atomic E-state index is 13.4.